The standard InChI is InChI=1S/C13H17NO3/c1-4-17-13(16)6-5-12(15)11-7-9(2)14-10(3)8-11/h7-8H,4-6H2,1-3H3. The number of hydrogen-bond donors (Lipinski definition) is 0. The van der Waals surface area contributed by atoms with Gasteiger partial charge in [0, 0.05) is 23.4 Å². The molecule has 0 saturated carbocycles. The number of ketones is 1. The van der Waals surface area contributed by atoms with E-state index >= 15 is 0 Å². The summed E-state index contributed by atoms with van der Waals surface area (Å²) >= 11 is 0. The van der Waals surface area contributed by atoms with E-state index in [-0.39, 0.29) is 24.6 Å². The van der Waals surface area contributed by atoms with E-state index in [0.717, 1.165) is 11.4 Å². The number of aromatic nitrogens is 1. The van der Waals surface area contributed by atoms with Crippen LogP contribution in [0.4, 0.5) is 0 Å². The molecule has 0 N–H and O–H groups in total. The first-order valence-corrected chi connectivity index (χ1v) is 5.67. The molecule has 0 aliphatic heterocycles. The van der Waals surface area contributed by atoms with Crippen LogP contribution < -0.4 is 0 Å². The Morgan fingerprint density at radius 1 is 1.18 bits per heavy atom. The molecule has 1 aromatic heterocycles. The van der Waals surface area contributed by atoms with Gasteiger partial charge >= 0.3 is 5.97 Å². The smallest absolute Gasteiger partial charge is 0.306 e. The molecule has 0 aliphatic rings. The predicted molar refractivity (Wildman–Crippen MR) is 63.9 cm³/mol. The molecule has 4 heteroatoms. The van der Waals surface area contributed by atoms with Gasteiger partial charge in [-0.3, -0.25) is 14.6 Å². The van der Waals surface area contributed by atoms with Crippen LogP contribution in [0.15, 0.2) is 12.1 Å². The van der Waals surface area contributed by atoms with Gasteiger partial charge in [0.15, 0.2) is 5.78 Å². The number of esters is 1. The lowest BCUT2D eigenvalue weighted by molar-refractivity contribution is -0.143. The maximum atomic E-state index is 11.8. The second-order valence-corrected chi connectivity index (χ2v) is 3.87. The lowest BCUT2D eigenvalue weighted by atomic mass is 10.1. The molecule has 0 aromatic carbocycles. The lowest BCUT2D eigenvalue weighted by Crippen LogP contribution is -2.08. The largest absolute Gasteiger partial charge is 0.466 e. The number of nitrogens with zero attached hydrogens (tertiary/aromatic N) is 1. The highest BCUT2D eigenvalue weighted by Gasteiger charge is 2.10. The highest BCUT2D eigenvalue weighted by Crippen LogP contribution is 2.09. The first kappa shape index (κ1) is 13.4. The monoisotopic (exact) mass is 235 g/mol. The van der Waals surface area contributed by atoms with Gasteiger partial charge in [0.05, 0.1) is 13.0 Å². The van der Waals surface area contributed by atoms with Gasteiger partial charge in [-0.25, -0.2) is 0 Å². The summed E-state index contributed by atoms with van der Waals surface area (Å²) in [5, 5.41) is 0. The minimum Gasteiger partial charge on any atom is -0.466 e. The molecule has 0 aliphatic carbocycles. The van der Waals surface area contributed by atoms with Crippen molar-refractivity contribution in [2.45, 2.75) is 33.6 Å². The molecule has 0 atom stereocenters. The highest BCUT2D eigenvalue weighted by molar-refractivity contribution is 5.97. The van der Waals surface area contributed by atoms with Crippen LogP contribution >= 0.6 is 0 Å². The fourth-order valence-electron chi connectivity index (χ4n) is 1.59. The van der Waals surface area contributed by atoms with Crippen molar-refractivity contribution >= 4 is 11.8 Å². The van der Waals surface area contributed by atoms with Gasteiger partial charge in [0.1, 0.15) is 0 Å². The van der Waals surface area contributed by atoms with Crippen LogP contribution in [0.2, 0.25) is 0 Å². The lowest BCUT2D eigenvalue weighted by Gasteiger charge is -2.04. The van der Waals surface area contributed by atoms with Gasteiger partial charge in [0.2, 0.25) is 0 Å². The van der Waals surface area contributed by atoms with Crippen molar-refractivity contribution < 1.29 is 14.3 Å². The summed E-state index contributed by atoms with van der Waals surface area (Å²) in [5.41, 5.74) is 2.23. The van der Waals surface area contributed by atoms with Crippen molar-refractivity contribution in [3.63, 3.8) is 0 Å². The zero-order chi connectivity index (χ0) is 12.8. The van der Waals surface area contributed by atoms with E-state index in [1.54, 1.807) is 19.1 Å². The SMILES string of the molecule is CCOC(=O)CCC(=O)c1cc(C)nc(C)c1. The first-order valence-electron chi connectivity index (χ1n) is 5.67. The van der Waals surface area contributed by atoms with Crippen LogP contribution in [0.5, 0.6) is 0 Å². The Labute approximate surface area is 101 Å². The number of carbonyl (C=O) groups is 2. The van der Waals surface area contributed by atoms with E-state index in [1.165, 1.54) is 0 Å². The third-order valence-electron chi connectivity index (χ3n) is 2.26. The van der Waals surface area contributed by atoms with Crippen LogP contribution in [0, 0.1) is 13.8 Å². The van der Waals surface area contributed by atoms with Crippen molar-refractivity contribution in [2.75, 3.05) is 6.61 Å². The van der Waals surface area contributed by atoms with Crippen molar-refractivity contribution in [3.8, 4) is 0 Å². The number of rotatable bonds is 5. The predicted octanol–water partition coefficient (Wildman–Crippen LogP) is 2.22. The number of pyridine rings is 1. The average Bonchev–Trinajstić information content (AvgIpc) is 2.25. The Bertz CT molecular complexity index is 406. The van der Waals surface area contributed by atoms with E-state index in [2.05, 4.69) is 4.98 Å². The van der Waals surface area contributed by atoms with Crippen molar-refractivity contribution in [2.24, 2.45) is 0 Å². The van der Waals surface area contributed by atoms with E-state index in [0.29, 0.717) is 12.2 Å². The normalized spacial score (nSPS) is 10.1. The second kappa shape index (κ2) is 6.13. The van der Waals surface area contributed by atoms with Crippen molar-refractivity contribution in [1.82, 2.24) is 4.98 Å². The van der Waals surface area contributed by atoms with Gasteiger partial charge in [-0.05, 0) is 32.9 Å². The Hall–Kier alpha value is -1.71. The Balaban J connectivity index is 2.61. The zero-order valence-electron chi connectivity index (χ0n) is 10.4. The maximum absolute atomic E-state index is 11.8. The minimum atomic E-state index is -0.330. The third kappa shape index (κ3) is 4.34. The van der Waals surface area contributed by atoms with Crippen LogP contribution in [0.25, 0.3) is 0 Å². The van der Waals surface area contributed by atoms with E-state index in [1.807, 2.05) is 13.8 Å². The Morgan fingerprint density at radius 3 is 2.29 bits per heavy atom. The molecule has 0 saturated heterocycles. The van der Waals surface area contributed by atoms with Gasteiger partial charge in [-0.1, -0.05) is 0 Å². The topological polar surface area (TPSA) is 56.3 Å². The number of hydrogen-bond acceptors (Lipinski definition) is 4. The molecule has 0 spiro atoms. The zero-order valence-corrected chi connectivity index (χ0v) is 10.4. The Morgan fingerprint density at radius 2 is 1.76 bits per heavy atom. The summed E-state index contributed by atoms with van der Waals surface area (Å²) in [6.07, 6.45) is 0.314. The Kier molecular flexibility index (Phi) is 4.82. The van der Waals surface area contributed by atoms with E-state index < -0.39 is 0 Å². The second-order valence-electron chi connectivity index (χ2n) is 3.87. The van der Waals surface area contributed by atoms with Gasteiger partial charge in [-0.2, -0.15) is 0 Å². The molecule has 0 unspecified atom stereocenters. The fourth-order valence-corrected chi connectivity index (χ4v) is 1.59. The van der Waals surface area contributed by atoms with Gasteiger partial charge < -0.3 is 4.74 Å². The maximum Gasteiger partial charge on any atom is 0.306 e. The van der Waals surface area contributed by atoms with Gasteiger partial charge in [0.25, 0.3) is 0 Å². The minimum absolute atomic E-state index is 0.0494. The van der Waals surface area contributed by atoms with Crippen LogP contribution in [0.3, 0.4) is 0 Å². The summed E-state index contributed by atoms with van der Waals surface area (Å²) in [4.78, 5) is 27.1. The summed E-state index contributed by atoms with van der Waals surface area (Å²) < 4.78 is 4.77. The number of aryl methyl sites for hydroxylation is 2. The molecule has 92 valence electrons. The molecular weight excluding hydrogens is 218 g/mol. The van der Waals surface area contributed by atoms with Crippen LogP contribution in [-0.4, -0.2) is 23.3 Å². The molecular formula is C13H17NO3. The molecule has 17 heavy (non-hydrogen) atoms. The summed E-state index contributed by atoms with van der Waals surface area (Å²) in [6.45, 7) is 5.78. The molecule has 1 aromatic rings. The average molecular weight is 235 g/mol. The van der Waals surface area contributed by atoms with Crippen LogP contribution in [-0.2, 0) is 9.53 Å². The number of ether oxygens (including phenoxy) is 1. The number of Topliss-reactive ketones (excluding diaryl/α,β-unsaturated/α-hetero) is 1. The molecule has 1 heterocycles. The summed E-state index contributed by atoms with van der Waals surface area (Å²) in [6, 6.07) is 3.47. The third-order valence-corrected chi connectivity index (χ3v) is 2.26. The molecule has 0 radical (unpaired) electrons. The quantitative estimate of drug-likeness (QED) is 0.580. The van der Waals surface area contributed by atoms with E-state index in [9.17, 15) is 9.59 Å². The highest BCUT2D eigenvalue weighted by atomic mass is 16.5. The first-order chi connectivity index (χ1) is 8.02. The van der Waals surface area contributed by atoms with E-state index in [4.69, 9.17) is 4.74 Å². The van der Waals surface area contributed by atoms with Crippen molar-refractivity contribution in [3.05, 3.63) is 29.1 Å². The fraction of sp³-hybridized carbons (Fsp3) is 0.462. The molecule has 0 amide bonds. The van der Waals surface area contributed by atoms with Crippen molar-refractivity contribution in [1.29, 1.82) is 0 Å². The van der Waals surface area contributed by atoms with Gasteiger partial charge in [-0.15, -0.1) is 0 Å². The molecule has 0 bridgehead atoms. The molecule has 4 nitrogen and oxygen atoms in total. The van der Waals surface area contributed by atoms with Crippen LogP contribution in [0.1, 0.15) is 41.5 Å². The molecule has 0 fully saturated rings. The molecule has 1 rings (SSSR count). The summed E-state index contributed by atoms with van der Waals surface area (Å²) in [5.74, 6) is -0.380. The number of carbonyl (C=O) groups excluding carboxylic acids is 2. The summed E-state index contributed by atoms with van der Waals surface area (Å²) in [7, 11) is 0.